The molecule has 1 atom stereocenters. The Morgan fingerprint density at radius 3 is 2.74 bits per heavy atom. The summed E-state index contributed by atoms with van der Waals surface area (Å²) in [5.74, 6) is 2.15. The van der Waals surface area contributed by atoms with Gasteiger partial charge in [-0.05, 0) is 48.2 Å². The average Bonchev–Trinajstić information content (AvgIpc) is 3.53. The van der Waals surface area contributed by atoms with Crippen molar-refractivity contribution < 1.29 is 23.1 Å². The Morgan fingerprint density at radius 1 is 1.06 bits per heavy atom. The molecule has 0 spiro atoms. The molecule has 3 aromatic rings. The van der Waals surface area contributed by atoms with Gasteiger partial charge in [0.1, 0.15) is 5.82 Å². The van der Waals surface area contributed by atoms with E-state index in [2.05, 4.69) is 10.2 Å². The Hall–Kier alpha value is -3.42. The normalized spacial score (nSPS) is 17.3. The SMILES string of the molecule is O=C(CCc1nnc(Cc2ccc3c(c2)OCO3)o1)N1CCC[C@@H]1c1ccc(F)cc1. The summed E-state index contributed by atoms with van der Waals surface area (Å²) >= 11 is 0. The third-order valence-electron chi connectivity index (χ3n) is 5.68. The van der Waals surface area contributed by atoms with E-state index >= 15 is 0 Å². The van der Waals surface area contributed by atoms with E-state index in [-0.39, 0.29) is 24.6 Å². The van der Waals surface area contributed by atoms with Gasteiger partial charge >= 0.3 is 0 Å². The molecule has 31 heavy (non-hydrogen) atoms. The number of hydrogen-bond donors (Lipinski definition) is 0. The highest BCUT2D eigenvalue weighted by Crippen LogP contribution is 2.34. The van der Waals surface area contributed by atoms with Gasteiger partial charge in [0.25, 0.3) is 0 Å². The zero-order valence-corrected chi connectivity index (χ0v) is 16.9. The number of carbonyl (C=O) groups is 1. The molecule has 1 aromatic heterocycles. The first kappa shape index (κ1) is 19.5. The summed E-state index contributed by atoms with van der Waals surface area (Å²) in [5, 5.41) is 8.19. The minimum Gasteiger partial charge on any atom is -0.454 e. The number of hydrogen-bond acceptors (Lipinski definition) is 6. The van der Waals surface area contributed by atoms with E-state index in [0.717, 1.165) is 29.7 Å². The van der Waals surface area contributed by atoms with Crippen molar-refractivity contribution in [3.63, 3.8) is 0 Å². The number of ether oxygens (including phenoxy) is 2. The number of rotatable bonds is 6. The maximum absolute atomic E-state index is 13.2. The Morgan fingerprint density at radius 2 is 1.87 bits per heavy atom. The summed E-state index contributed by atoms with van der Waals surface area (Å²) in [6.07, 6.45) is 2.99. The Labute approximate surface area is 178 Å². The molecule has 2 aliphatic rings. The van der Waals surface area contributed by atoms with Gasteiger partial charge in [0.15, 0.2) is 11.5 Å². The Bertz CT molecular complexity index is 1080. The maximum atomic E-state index is 13.2. The van der Waals surface area contributed by atoms with Gasteiger partial charge in [-0.25, -0.2) is 4.39 Å². The fourth-order valence-corrected chi connectivity index (χ4v) is 4.14. The van der Waals surface area contributed by atoms with Gasteiger partial charge in [0.05, 0.1) is 12.5 Å². The van der Waals surface area contributed by atoms with E-state index in [1.807, 2.05) is 23.1 Å². The van der Waals surface area contributed by atoms with Crippen LogP contribution in [0.2, 0.25) is 0 Å². The van der Waals surface area contributed by atoms with Crippen LogP contribution in [-0.2, 0) is 17.6 Å². The van der Waals surface area contributed by atoms with Crippen molar-refractivity contribution in [1.29, 1.82) is 0 Å². The first-order chi connectivity index (χ1) is 15.2. The monoisotopic (exact) mass is 423 g/mol. The van der Waals surface area contributed by atoms with Crippen molar-refractivity contribution in [2.24, 2.45) is 0 Å². The lowest BCUT2D eigenvalue weighted by molar-refractivity contribution is -0.132. The van der Waals surface area contributed by atoms with Gasteiger partial charge in [0.2, 0.25) is 24.5 Å². The number of halogens is 1. The van der Waals surface area contributed by atoms with E-state index in [1.54, 1.807) is 12.1 Å². The van der Waals surface area contributed by atoms with E-state index in [4.69, 9.17) is 13.9 Å². The van der Waals surface area contributed by atoms with Gasteiger partial charge in [0, 0.05) is 19.4 Å². The molecule has 0 aliphatic carbocycles. The number of likely N-dealkylation sites (tertiary alicyclic amines) is 1. The molecule has 7 nitrogen and oxygen atoms in total. The van der Waals surface area contributed by atoms with Crippen molar-refractivity contribution >= 4 is 5.91 Å². The third kappa shape index (κ3) is 4.23. The smallest absolute Gasteiger partial charge is 0.231 e. The second-order valence-corrected chi connectivity index (χ2v) is 7.75. The zero-order chi connectivity index (χ0) is 21.2. The predicted octanol–water partition coefficient (Wildman–Crippen LogP) is 3.82. The number of carbonyl (C=O) groups excluding carboxylic acids is 1. The quantitative estimate of drug-likeness (QED) is 0.600. The third-order valence-corrected chi connectivity index (χ3v) is 5.68. The van der Waals surface area contributed by atoms with Gasteiger partial charge in [-0.3, -0.25) is 4.79 Å². The van der Waals surface area contributed by atoms with Crippen molar-refractivity contribution in [2.45, 2.75) is 38.1 Å². The van der Waals surface area contributed by atoms with Crippen molar-refractivity contribution in [3.8, 4) is 11.5 Å². The van der Waals surface area contributed by atoms with Crippen LogP contribution in [-0.4, -0.2) is 34.3 Å². The van der Waals surface area contributed by atoms with E-state index in [0.29, 0.717) is 43.3 Å². The number of aryl methyl sites for hydroxylation is 1. The number of benzene rings is 2. The molecule has 0 unspecified atom stereocenters. The maximum Gasteiger partial charge on any atom is 0.231 e. The molecule has 3 heterocycles. The number of fused-ring (bicyclic) bond motifs is 1. The molecule has 8 heteroatoms. The summed E-state index contributed by atoms with van der Waals surface area (Å²) in [7, 11) is 0. The van der Waals surface area contributed by atoms with E-state index < -0.39 is 0 Å². The second-order valence-electron chi connectivity index (χ2n) is 7.75. The van der Waals surface area contributed by atoms with E-state index in [1.165, 1.54) is 12.1 Å². The van der Waals surface area contributed by atoms with Gasteiger partial charge in [-0.2, -0.15) is 0 Å². The minimum atomic E-state index is -0.271. The highest BCUT2D eigenvalue weighted by Gasteiger charge is 2.29. The number of nitrogens with zero attached hydrogens (tertiary/aromatic N) is 3. The molecule has 2 aliphatic heterocycles. The summed E-state index contributed by atoms with van der Waals surface area (Å²) in [6, 6.07) is 12.1. The molecule has 1 amide bonds. The predicted molar refractivity (Wildman–Crippen MR) is 108 cm³/mol. The lowest BCUT2D eigenvalue weighted by Crippen LogP contribution is -2.30. The molecule has 0 saturated carbocycles. The highest BCUT2D eigenvalue weighted by atomic mass is 19.1. The van der Waals surface area contributed by atoms with Crippen molar-refractivity contribution in [3.05, 3.63) is 71.2 Å². The molecule has 0 bridgehead atoms. The summed E-state index contributed by atoms with van der Waals surface area (Å²) < 4.78 is 29.7. The van der Waals surface area contributed by atoms with Crippen LogP contribution in [0.25, 0.3) is 0 Å². The lowest BCUT2D eigenvalue weighted by Gasteiger charge is -2.25. The minimum absolute atomic E-state index is 0.00245. The summed E-state index contributed by atoms with van der Waals surface area (Å²) in [5.41, 5.74) is 1.95. The van der Waals surface area contributed by atoms with Crippen molar-refractivity contribution in [1.82, 2.24) is 15.1 Å². The molecule has 1 saturated heterocycles. The first-order valence-electron chi connectivity index (χ1n) is 10.4. The zero-order valence-electron chi connectivity index (χ0n) is 16.9. The molecule has 2 aromatic carbocycles. The molecule has 1 fully saturated rings. The first-order valence-corrected chi connectivity index (χ1v) is 10.4. The average molecular weight is 423 g/mol. The molecule has 160 valence electrons. The molecule has 0 radical (unpaired) electrons. The van der Waals surface area contributed by atoms with Crippen LogP contribution >= 0.6 is 0 Å². The van der Waals surface area contributed by atoms with Gasteiger partial charge < -0.3 is 18.8 Å². The largest absolute Gasteiger partial charge is 0.454 e. The Kier molecular flexibility index (Phi) is 5.28. The molecular formula is C23H22FN3O4. The molecular weight excluding hydrogens is 401 g/mol. The summed E-state index contributed by atoms with van der Waals surface area (Å²) in [4.78, 5) is 14.7. The van der Waals surface area contributed by atoms with Crippen LogP contribution in [0.5, 0.6) is 11.5 Å². The highest BCUT2D eigenvalue weighted by molar-refractivity contribution is 5.77. The van der Waals surface area contributed by atoms with Gasteiger partial charge in [-0.1, -0.05) is 18.2 Å². The van der Waals surface area contributed by atoms with Crippen LogP contribution in [0, 0.1) is 5.82 Å². The van der Waals surface area contributed by atoms with Crippen LogP contribution < -0.4 is 9.47 Å². The topological polar surface area (TPSA) is 77.7 Å². The second kappa shape index (κ2) is 8.37. The van der Waals surface area contributed by atoms with E-state index in [9.17, 15) is 9.18 Å². The molecule has 0 N–H and O–H groups in total. The lowest BCUT2D eigenvalue weighted by atomic mass is 10.0. The Balaban J connectivity index is 1.18. The van der Waals surface area contributed by atoms with Crippen LogP contribution in [0.1, 0.15) is 48.2 Å². The fraction of sp³-hybridized carbons (Fsp3) is 0.348. The summed E-state index contributed by atoms with van der Waals surface area (Å²) in [6.45, 7) is 0.941. The van der Waals surface area contributed by atoms with Crippen LogP contribution in [0.15, 0.2) is 46.9 Å². The molecule has 5 rings (SSSR count). The number of amides is 1. The fourth-order valence-electron chi connectivity index (χ4n) is 4.14. The van der Waals surface area contributed by atoms with Crippen LogP contribution in [0.3, 0.4) is 0 Å². The van der Waals surface area contributed by atoms with Crippen LogP contribution in [0.4, 0.5) is 4.39 Å². The number of aromatic nitrogens is 2. The standard InChI is InChI=1S/C23H22FN3O4/c24-17-6-4-16(5-7-17)18-2-1-11-27(18)23(28)10-9-21-25-26-22(31-21)13-15-3-8-19-20(12-15)30-14-29-19/h3-8,12,18H,1-2,9-11,13-14H2/t18-/m1/s1. The van der Waals surface area contributed by atoms with Gasteiger partial charge in [-0.15, -0.1) is 10.2 Å². The van der Waals surface area contributed by atoms with Crippen molar-refractivity contribution in [2.75, 3.05) is 13.3 Å².